The number of halogens is 1. The van der Waals surface area contributed by atoms with Crippen LogP contribution in [0.2, 0.25) is 0 Å². The van der Waals surface area contributed by atoms with Gasteiger partial charge >= 0.3 is 0 Å². The predicted octanol–water partition coefficient (Wildman–Crippen LogP) is 2.57. The molecule has 0 saturated carbocycles. The van der Waals surface area contributed by atoms with Gasteiger partial charge in [0.15, 0.2) is 0 Å². The molecule has 4 heteroatoms. The first-order valence-electron chi connectivity index (χ1n) is 4.90. The van der Waals surface area contributed by atoms with E-state index in [2.05, 4.69) is 34.0 Å². The molecule has 0 spiro atoms. The van der Waals surface area contributed by atoms with Crippen LogP contribution < -0.4 is 5.32 Å². The van der Waals surface area contributed by atoms with Crippen LogP contribution in [0.15, 0.2) is 24.3 Å². The van der Waals surface area contributed by atoms with Crippen LogP contribution in [0.1, 0.15) is 24.2 Å². The van der Waals surface area contributed by atoms with Crippen molar-refractivity contribution in [3.8, 4) is 6.07 Å². The lowest BCUT2D eigenvalue weighted by Gasteiger charge is -2.15. The average molecular weight is 328 g/mol. The van der Waals surface area contributed by atoms with E-state index in [0.717, 1.165) is 3.57 Å². The monoisotopic (exact) mass is 328 g/mol. The Morgan fingerprint density at radius 1 is 1.56 bits per heavy atom. The van der Waals surface area contributed by atoms with Gasteiger partial charge in [-0.15, -0.1) is 0 Å². The van der Waals surface area contributed by atoms with Crippen molar-refractivity contribution in [3.05, 3.63) is 33.4 Å². The minimum atomic E-state index is -0.530. The molecule has 1 N–H and O–H groups in total. The lowest BCUT2D eigenvalue weighted by Crippen LogP contribution is -2.33. The van der Waals surface area contributed by atoms with E-state index in [4.69, 9.17) is 5.26 Å². The average Bonchev–Trinajstić information content (AvgIpc) is 2.26. The van der Waals surface area contributed by atoms with Crippen LogP contribution in [0.4, 0.5) is 0 Å². The van der Waals surface area contributed by atoms with Crippen LogP contribution >= 0.6 is 22.6 Å². The molecule has 1 aromatic rings. The molecule has 1 amide bonds. The van der Waals surface area contributed by atoms with Gasteiger partial charge in [-0.1, -0.05) is 6.07 Å². The molecule has 0 aliphatic rings. The molecular weight excluding hydrogens is 315 g/mol. The molecule has 0 saturated heterocycles. The Bertz CT molecular complexity index is 435. The first kappa shape index (κ1) is 13.0. The van der Waals surface area contributed by atoms with Gasteiger partial charge in [-0.2, -0.15) is 5.26 Å². The molecule has 0 aromatic heterocycles. The van der Waals surface area contributed by atoms with Crippen molar-refractivity contribution in [3.63, 3.8) is 0 Å². The summed E-state index contributed by atoms with van der Waals surface area (Å²) in [7, 11) is 0. The Hall–Kier alpha value is -1.09. The highest BCUT2D eigenvalue weighted by Gasteiger charge is 2.18. The zero-order valence-electron chi connectivity index (χ0n) is 9.25. The summed E-state index contributed by atoms with van der Waals surface area (Å²) in [5.74, 6) is -0.137. The molecule has 0 aliphatic heterocycles. The molecule has 0 bridgehead atoms. The first-order chi connectivity index (χ1) is 7.44. The highest BCUT2D eigenvalue weighted by atomic mass is 127. The fourth-order valence-electron chi connectivity index (χ4n) is 1.07. The molecule has 0 unspecified atom stereocenters. The third kappa shape index (κ3) is 3.81. The summed E-state index contributed by atoms with van der Waals surface area (Å²) in [6, 6.07) is 9.49. The molecule has 1 aromatic carbocycles. The Kier molecular flexibility index (Phi) is 4.30. The number of benzene rings is 1. The van der Waals surface area contributed by atoms with Gasteiger partial charge in [0, 0.05) is 15.7 Å². The van der Waals surface area contributed by atoms with Crippen LogP contribution in [-0.4, -0.2) is 12.5 Å². The molecular formula is C12H13IN2O. The van der Waals surface area contributed by atoms with E-state index in [0.29, 0.717) is 12.1 Å². The SMILES string of the molecule is CC(C)(C#N)CNC(=O)c1cccc(I)c1. The third-order valence-corrected chi connectivity index (χ3v) is 2.75. The lowest BCUT2D eigenvalue weighted by atomic mass is 9.96. The summed E-state index contributed by atoms with van der Waals surface area (Å²) in [6.07, 6.45) is 0. The van der Waals surface area contributed by atoms with Crippen molar-refractivity contribution in [1.29, 1.82) is 5.26 Å². The molecule has 1 rings (SSSR count). The van der Waals surface area contributed by atoms with Crippen LogP contribution in [0, 0.1) is 20.3 Å². The first-order valence-corrected chi connectivity index (χ1v) is 5.97. The van der Waals surface area contributed by atoms with Gasteiger partial charge in [0.25, 0.3) is 5.91 Å². The topological polar surface area (TPSA) is 52.9 Å². The number of nitrogens with one attached hydrogen (secondary N) is 1. The van der Waals surface area contributed by atoms with E-state index >= 15 is 0 Å². The minimum Gasteiger partial charge on any atom is -0.350 e. The van der Waals surface area contributed by atoms with Gasteiger partial charge in [-0.05, 0) is 54.6 Å². The molecule has 0 radical (unpaired) electrons. The Morgan fingerprint density at radius 3 is 2.81 bits per heavy atom. The van der Waals surface area contributed by atoms with Crippen LogP contribution in [0.5, 0.6) is 0 Å². The van der Waals surface area contributed by atoms with Crippen LogP contribution in [0.3, 0.4) is 0 Å². The highest BCUT2D eigenvalue weighted by molar-refractivity contribution is 14.1. The van der Waals surface area contributed by atoms with Crippen molar-refractivity contribution in [2.75, 3.05) is 6.54 Å². The van der Waals surface area contributed by atoms with Crippen LogP contribution in [-0.2, 0) is 0 Å². The maximum absolute atomic E-state index is 11.7. The van der Waals surface area contributed by atoms with Gasteiger partial charge in [0.05, 0.1) is 11.5 Å². The molecule has 0 fully saturated rings. The standard InChI is InChI=1S/C12H13IN2O/c1-12(2,7-14)8-15-11(16)9-4-3-5-10(13)6-9/h3-6H,8H2,1-2H3,(H,15,16). The van der Waals surface area contributed by atoms with Crippen molar-refractivity contribution in [2.24, 2.45) is 5.41 Å². The van der Waals surface area contributed by atoms with Crippen molar-refractivity contribution in [1.82, 2.24) is 5.32 Å². The summed E-state index contributed by atoms with van der Waals surface area (Å²) in [5, 5.41) is 11.6. The number of carbonyl (C=O) groups is 1. The number of hydrogen-bond donors (Lipinski definition) is 1. The van der Waals surface area contributed by atoms with Gasteiger partial charge in [0.2, 0.25) is 0 Å². The molecule has 0 atom stereocenters. The molecule has 16 heavy (non-hydrogen) atoms. The minimum absolute atomic E-state index is 0.137. The number of amides is 1. The number of nitriles is 1. The van der Waals surface area contributed by atoms with E-state index < -0.39 is 5.41 Å². The normalized spacial score (nSPS) is 10.6. The zero-order chi connectivity index (χ0) is 12.2. The van der Waals surface area contributed by atoms with Gasteiger partial charge < -0.3 is 5.32 Å². The maximum atomic E-state index is 11.7. The quantitative estimate of drug-likeness (QED) is 0.867. The van der Waals surface area contributed by atoms with Crippen molar-refractivity contribution < 1.29 is 4.79 Å². The van der Waals surface area contributed by atoms with Gasteiger partial charge in [-0.3, -0.25) is 4.79 Å². The highest BCUT2D eigenvalue weighted by Crippen LogP contribution is 2.12. The second-order valence-corrected chi connectivity index (χ2v) is 5.43. The number of rotatable bonds is 3. The second kappa shape index (κ2) is 5.30. The van der Waals surface area contributed by atoms with Crippen molar-refractivity contribution >= 4 is 28.5 Å². The summed E-state index contributed by atoms with van der Waals surface area (Å²) in [5.41, 5.74) is 0.0954. The summed E-state index contributed by atoms with van der Waals surface area (Å²) in [6.45, 7) is 3.94. The largest absolute Gasteiger partial charge is 0.350 e. The third-order valence-electron chi connectivity index (χ3n) is 2.08. The van der Waals surface area contributed by atoms with Gasteiger partial charge in [0.1, 0.15) is 0 Å². The number of nitrogens with zero attached hydrogens (tertiary/aromatic N) is 1. The van der Waals surface area contributed by atoms with Crippen molar-refractivity contribution in [2.45, 2.75) is 13.8 Å². The predicted molar refractivity (Wildman–Crippen MR) is 70.9 cm³/mol. The number of hydrogen-bond acceptors (Lipinski definition) is 2. The summed E-state index contributed by atoms with van der Waals surface area (Å²) in [4.78, 5) is 11.7. The van der Waals surface area contributed by atoms with E-state index in [1.165, 1.54) is 0 Å². The second-order valence-electron chi connectivity index (χ2n) is 4.19. The molecule has 3 nitrogen and oxygen atoms in total. The fraction of sp³-hybridized carbons (Fsp3) is 0.333. The maximum Gasteiger partial charge on any atom is 0.251 e. The molecule has 0 heterocycles. The smallest absolute Gasteiger partial charge is 0.251 e. The van der Waals surface area contributed by atoms with Gasteiger partial charge in [-0.25, -0.2) is 0 Å². The van der Waals surface area contributed by atoms with E-state index in [-0.39, 0.29) is 5.91 Å². The fourth-order valence-corrected chi connectivity index (χ4v) is 1.62. The Balaban J connectivity index is 2.64. The van der Waals surface area contributed by atoms with Crippen LogP contribution in [0.25, 0.3) is 0 Å². The molecule has 0 aliphatic carbocycles. The number of carbonyl (C=O) groups excluding carboxylic acids is 1. The zero-order valence-corrected chi connectivity index (χ0v) is 11.4. The lowest BCUT2D eigenvalue weighted by molar-refractivity contribution is 0.0943. The van der Waals surface area contributed by atoms with E-state index in [1.54, 1.807) is 19.9 Å². The Labute approximate surface area is 109 Å². The van der Waals surface area contributed by atoms with E-state index in [1.807, 2.05) is 18.2 Å². The summed E-state index contributed by atoms with van der Waals surface area (Å²) < 4.78 is 1.02. The van der Waals surface area contributed by atoms with E-state index in [9.17, 15) is 4.79 Å². The molecule has 84 valence electrons. The Morgan fingerprint density at radius 2 is 2.25 bits per heavy atom. The summed E-state index contributed by atoms with van der Waals surface area (Å²) >= 11 is 2.16.